The van der Waals surface area contributed by atoms with E-state index in [4.69, 9.17) is 0 Å². The zero-order valence-corrected chi connectivity index (χ0v) is 7.36. The van der Waals surface area contributed by atoms with E-state index in [0.29, 0.717) is 11.7 Å². The maximum atomic E-state index is 11.4. The van der Waals surface area contributed by atoms with Gasteiger partial charge in [-0.25, -0.2) is 10.5 Å². The first-order chi connectivity index (χ1) is 6.33. The second-order valence-corrected chi connectivity index (χ2v) is 3.05. The minimum Gasteiger partial charge on any atom is -0.323 e. The summed E-state index contributed by atoms with van der Waals surface area (Å²) in [6.07, 6.45) is 5.49. The number of imidazole rings is 1. The Morgan fingerprint density at radius 1 is 1.77 bits per heavy atom. The molecular weight excluding hydrogens is 170 g/mol. The molecular formula is C8H11N3O2. The molecule has 0 bridgehead atoms. The highest BCUT2D eigenvalue weighted by Crippen LogP contribution is 2.35. The Morgan fingerprint density at radius 3 is 3.15 bits per heavy atom. The smallest absolute Gasteiger partial charge is 0.293 e. The van der Waals surface area contributed by atoms with Crippen LogP contribution in [0.15, 0.2) is 12.5 Å². The van der Waals surface area contributed by atoms with Crippen molar-refractivity contribution in [1.82, 2.24) is 15.0 Å². The van der Waals surface area contributed by atoms with Crippen LogP contribution in [0.5, 0.6) is 0 Å². The Kier molecular flexibility index (Phi) is 2.02. The molecule has 1 aromatic heterocycles. The summed E-state index contributed by atoms with van der Waals surface area (Å²) < 4.78 is 1.88. The number of nitrogens with one attached hydrogen (secondary N) is 1. The number of amides is 1. The summed E-state index contributed by atoms with van der Waals surface area (Å²) in [7, 11) is 1.41. The Morgan fingerprint density at radius 2 is 2.54 bits per heavy atom. The molecule has 0 radical (unpaired) electrons. The first-order valence-corrected chi connectivity index (χ1v) is 4.18. The quantitative estimate of drug-likeness (QED) is 0.691. The molecule has 13 heavy (non-hydrogen) atoms. The van der Waals surface area contributed by atoms with Gasteiger partial charge in [-0.3, -0.25) is 9.63 Å². The highest BCUT2D eigenvalue weighted by molar-refractivity contribution is 5.91. The van der Waals surface area contributed by atoms with Crippen molar-refractivity contribution in [3.63, 3.8) is 0 Å². The van der Waals surface area contributed by atoms with Gasteiger partial charge in [0.05, 0.1) is 19.6 Å². The molecule has 1 aromatic rings. The van der Waals surface area contributed by atoms with Crippen LogP contribution in [0.2, 0.25) is 0 Å². The maximum Gasteiger partial charge on any atom is 0.293 e. The lowest BCUT2D eigenvalue weighted by atomic mass is 10.4. The van der Waals surface area contributed by atoms with E-state index in [9.17, 15) is 4.79 Å². The molecule has 0 spiro atoms. The molecule has 1 aliphatic rings. The third-order valence-corrected chi connectivity index (χ3v) is 2.03. The minimum absolute atomic E-state index is 0.244. The number of hydrogen-bond donors (Lipinski definition) is 1. The normalized spacial score (nSPS) is 15.8. The fourth-order valence-corrected chi connectivity index (χ4v) is 1.27. The number of nitrogens with zero attached hydrogens (tertiary/aromatic N) is 2. The van der Waals surface area contributed by atoms with Crippen LogP contribution in [0.3, 0.4) is 0 Å². The monoisotopic (exact) mass is 181 g/mol. The van der Waals surface area contributed by atoms with Gasteiger partial charge in [0, 0.05) is 6.04 Å². The van der Waals surface area contributed by atoms with Gasteiger partial charge in [0.2, 0.25) is 0 Å². The number of rotatable bonds is 3. The average molecular weight is 181 g/mol. The Bertz CT molecular complexity index is 317. The molecule has 1 saturated carbocycles. The highest BCUT2D eigenvalue weighted by Gasteiger charge is 2.27. The van der Waals surface area contributed by atoms with Crippen molar-refractivity contribution in [2.45, 2.75) is 18.9 Å². The number of hydrogen-bond acceptors (Lipinski definition) is 3. The SMILES string of the molecule is CONC(=O)c1cncn1C1CC1. The first-order valence-electron chi connectivity index (χ1n) is 4.18. The second kappa shape index (κ2) is 3.18. The summed E-state index contributed by atoms with van der Waals surface area (Å²) in [5, 5.41) is 0. The molecule has 1 fully saturated rings. The van der Waals surface area contributed by atoms with Gasteiger partial charge in [0.15, 0.2) is 0 Å². The van der Waals surface area contributed by atoms with Crippen molar-refractivity contribution in [3.8, 4) is 0 Å². The van der Waals surface area contributed by atoms with Gasteiger partial charge in [-0.1, -0.05) is 0 Å². The summed E-state index contributed by atoms with van der Waals surface area (Å²) >= 11 is 0. The van der Waals surface area contributed by atoms with Crippen LogP contribution in [-0.4, -0.2) is 22.6 Å². The van der Waals surface area contributed by atoms with E-state index in [-0.39, 0.29) is 5.91 Å². The van der Waals surface area contributed by atoms with Crippen LogP contribution < -0.4 is 5.48 Å². The van der Waals surface area contributed by atoms with Crippen molar-refractivity contribution in [2.24, 2.45) is 0 Å². The van der Waals surface area contributed by atoms with E-state index in [1.54, 1.807) is 12.5 Å². The number of aromatic nitrogens is 2. The van der Waals surface area contributed by atoms with Crippen LogP contribution in [0.25, 0.3) is 0 Å². The lowest BCUT2D eigenvalue weighted by Gasteiger charge is -2.04. The molecule has 0 aliphatic heterocycles. The minimum atomic E-state index is -0.244. The van der Waals surface area contributed by atoms with Crippen LogP contribution in [0, 0.1) is 0 Å². The van der Waals surface area contributed by atoms with E-state index < -0.39 is 0 Å². The summed E-state index contributed by atoms with van der Waals surface area (Å²) in [6, 6.07) is 0.458. The van der Waals surface area contributed by atoms with Gasteiger partial charge in [-0.2, -0.15) is 0 Å². The molecule has 0 atom stereocenters. The summed E-state index contributed by atoms with van der Waals surface area (Å²) in [4.78, 5) is 19.8. The standard InChI is InChI=1S/C8H11N3O2/c1-13-10-8(12)7-4-9-5-11(7)6-2-3-6/h4-6H,2-3H2,1H3,(H,10,12). The molecule has 1 aliphatic carbocycles. The van der Waals surface area contributed by atoms with Gasteiger partial charge >= 0.3 is 0 Å². The maximum absolute atomic E-state index is 11.4. The molecule has 2 rings (SSSR count). The fraction of sp³-hybridized carbons (Fsp3) is 0.500. The van der Waals surface area contributed by atoms with Crippen molar-refractivity contribution in [1.29, 1.82) is 0 Å². The zero-order valence-electron chi connectivity index (χ0n) is 7.36. The molecule has 5 nitrogen and oxygen atoms in total. The van der Waals surface area contributed by atoms with E-state index >= 15 is 0 Å². The van der Waals surface area contributed by atoms with Gasteiger partial charge in [0.1, 0.15) is 5.69 Å². The van der Waals surface area contributed by atoms with Gasteiger partial charge in [-0.05, 0) is 12.8 Å². The fourth-order valence-electron chi connectivity index (χ4n) is 1.27. The molecule has 70 valence electrons. The zero-order chi connectivity index (χ0) is 9.26. The molecule has 0 saturated heterocycles. The van der Waals surface area contributed by atoms with Crippen molar-refractivity contribution in [3.05, 3.63) is 18.2 Å². The molecule has 1 N–H and O–H groups in total. The van der Waals surface area contributed by atoms with E-state index in [1.807, 2.05) is 4.57 Å². The van der Waals surface area contributed by atoms with Crippen LogP contribution >= 0.6 is 0 Å². The van der Waals surface area contributed by atoms with Crippen LogP contribution in [-0.2, 0) is 4.84 Å². The third kappa shape index (κ3) is 1.55. The van der Waals surface area contributed by atoms with Crippen molar-refractivity contribution < 1.29 is 9.63 Å². The second-order valence-electron chi connectivity index (χ2n) is 3.05. The van der Waals surface area contributed by atoms with Crippen molar-refractivity contribution in [2.75, 3.05) is 7.11 Å². The Hall–Kier alpha value is -1.36. The molecule has 1 heterocycles. The molecule has 1 amide bonds. The predicted molar refractivity (Wildman–Crippen MR) is 45.0 cm³/mol. The number of carbonyl (C=O) groups excluding carboxylic acids is 1. The molecule has 0 aromatic carbocycles. The van der Waals surface area contributed by atoms with E-state index in [0.717, 1.165) is 12.8 Å². The highest BCUT2D eigenvalue weighted by atomic mass is 16.6. The first kappa shape index (κ1) is 8.25. The lowest BCUT2D eigenvalue weighted by Crippen LogP contribution is -2.24. The molecule has 5 heteroatoms. The number of carbonyl (C=O) groups is 1. The number of hydroxylamine groups is 1. The summed E-state index contributed by atoms with van der Waals surface area (Å²) in [5.41, 5.74) is 2.83. The Labute approximate surface area is 75.7 Å². The van der Waals surface area contributed by atoms with Crippen LogP contribution in [0.1, 0.15) is 29.4 Å². The van der Waals surface area contributed by atoms with E-state index in [2.05, 4.69) is 15.3 Å². The van der Waals surface area contributed by atoms with Crippen molar-refractivity contribution >= 4 is 5.91 Å². The Balaban J connectivity index is 2.18. The lowest BCUT2D eigenvalue weighted by molar-refractivity contribution is 0.0528. The van der Waals surface area contributed by atoms with E-state index in [1.165, 1.54) is 7.11 Å². The summed E-state index contributed by atoms with van der Waals surface area (Å²) in [6.45, 7) is 0. The predicted octanol–water partition coefficient (Wildman–Crippen LogP) is 0.509. The average Bonchev–Trinajstić information content (AvgIpc) is 2.84. The topological polar surface area (TPSA) is 56.1 Å². The third-order valence-electron chi connectivity index (χ3n) is 2.03. The van der Waals surface area contributed by atoms with Gasteiger partial charge in [-0.15, -0.1) is 0 Å². The van der Waals surface area contributed by atoms with Crippen LogP contribution in [0.4, 0.5) is 0 Å². The van der Waals surface area contributed by atoms with Gasteiger partial charge in [0.25, 0.3) is 5.91 Å². The largest absolute Gasteiger partial charge is 0.323 e. The summed E-state index contributed by atoms with van der Waals surface area (Å²) in [5.74, 6) is -0.244. The van der Waals surface area contributed by atoms with Gasteiger partial charge < -0.3 is 4.57 Å². The molecule has 0 unspecified atom stereocenters.